The summed E-state index contributed by atoms with van der Waals surface area (Å²) in [5, 5.41) is 10.6. The highest BCUT2D eigenvalue weighted by atomic mass is 31.2. The first-order valence-electron chi connectivity index (χ1n) is 39.2. The number of phosphoric acid groups is 2. The zero-order valence-electron chi connectivity index (χ0n) is 61.1. The molecule has 0 aromatic heterocycles. The molecule has 0 bridgehead atoms. The van der Waals surface area contributed by atoms with Gasteiger partial charge in [0.1, 0.15) is 19.3 Å². The van der Waals surface area contributed by atoms with Gasteiger partial charge in [-0.3, -0.25) is 37.3 Å². The van der Waals surface area contributed by atoms with Gasteiger partial charge in [0.15, 0.2) is 12.2 Å². The normalized spacial score (nSPS) is 14.3. The third-order valence-electron chi connectivity index (χ3n) is 17.9. The van der Waals surface area contributed by atoms with E-state index >= 15 is 0 Å². The second-order valence-corrected chi connectivity index (χ2v) is 30.2. The summed E-state index contributed by atoms with van der Waals surface area (Å²) in [7, 11) is -9.90. The Morgan fingerprint density at radius 3 is 0.755 bits per heavy atom. The van der Waals surface area contributed by atoms with Crippen molar-refractivity contribution in [2.45, 2.75) is 412 Å². The van der Waals surface area contributed by atoms with Gasteiger partial charge in [-0.05, 0) is 31.6 Å². The first-order valence-corrected chi connectivity index (χ1v) is 42.2. The summed E-state index contributed by atoms with van der Waals surface area (Å²) in [6.07, 6.45) is 57.2. The van der Waals surface area contributed by atoms with Gasteiger partial charge < -0.3 is 33.8 Å². The van der Waals surface area contributed by atoms with Crippen LogP contribution in [0.4, 0.5) is 0 Å². The Labute approximate surface area is 575 Å². The van der Waals surface area contributed by atoms with Crippen LogP contribution in [0.25, 0.3) is 0 Å². The van der Waals surface area contributed by atoms with Gasteiger partial charge in [-0.1, -0.05) is 343 Å². The number of unbranched alkanes of at least 4 members (excludes halogenated alkanes) is 46. The van der Waals surface area contributed by atoms with Gasteiger partial charge in [0.05, 0.1) is 26.4 Å². The quantitative estimate of drug-likeness (QED) is 0.0222. The lowest BCUT2D eigenvalue weighted by Crippen LogP contribution is -2.30. The Morgan fingerprint density at radius 1 is 0.298 bits per heavy atom. The predicted molar refractivity (Wildman–Crippen MR) is 382 cm³/mol. The first-order chi connectivity index (χ1) is 45.6. The van der Waals surface area contributed by atoms with Crippen LogP contribution in [0.5, 0.6) is 0 Å². The van der Waals surface area contributed by atoms with E-state index in [1.165, 1.54) is 212 Å². The fourth-order valence-corrected chi connectivity index (χ4v) is 13.1. The Hall–Kier alpha value is -1.94. The van der Waals surface area contributed by atoms with Gasteiger partial charge in [0, 0.05) is 25.7 Å². The second kappa shape index (κ2) is 68.2. The highest BCUT2D eigenvalue weighted by Gasteiger charge is 2.30. The Kier molecular flexibility index (Phi) is 66.8. The molecule has 0 saturated heterocycles. The SMILES string of the molecule is CCCCCCCCCCCCCCCCCCCCCC(=O)O[C@H](COC(=O)CCCCCCCCCCCCCCCCCC)COP(=O)(O)OC[C@@H](O)COP(=O)(O)OC[C@@H](COC(=O)CCCCCCC)OC(=O)CCCCCCCCCCCCC(C)CC. The molecule has 3 N–H and O–H groups in total. The van der Waals surface area contributed by atoms with Crippen molar-refractivity contribution in [2.75, 3.05) is 39.6 Å². The summed E-state index contributed by atoms with van der Waals surface area (Å²) < 4.78 is 68.3. The predicted octanol–water partition coefficient (Wildman–Crippen LogP) is 22.1. The Balaban J connectivity index is 5.14. The van der Waals surface area contributed by atoms with Crippen molar-refractivity contribution < 1.29 is 80.2 Å². The van der Waals surface area contributed by atoms with E-state index in [0.717, 1.165) is 102 Å². The van der Waals surface area contributed by atoms with Crippen molar-refractivity contribution in [2.24, 2.45) is 5.92 Å². The molecule has 3 unspecified atom stereocenters. The molecule has 0 amide bonds. The van der Waals surface area contributed by atoms with Crippen molar-refractivity contribution >= 4 is 39.5 Å². The molecule has 94 heavy (non-hydrogen) atoms. The van der Waals surface area contributed by atoms with Crippen LogP contribution in [0.1, 0.15) is 394 Å². The molecule has 19 heteroatoms. The minimum absolute atomic E-state index is 0.106. The number of hydrogen-bond acceptors (Lipinski definition) is 15. The lowest BCUT2D eigenvalue weighted by atomic mass is 9.99. The number of aliphatic hydroxyl groups excluding tert-OH is 1. The van der Waals surface area contributed by atoms with Crippen LogP contribution in [0.2, 0.25) is 0 Å². The number of rotatable bonds is 75. The number of esters is 4. The Bertz CT molecular complexity index is 1810. The molecular weight excluding hydrogens is 1230 g/mol. The van der Waals surface area contributed by atoms with Gasteiger partial charge in [0.25, 0.3) is 0 Å². The van der Waals surface area contributed by atoms with E-state index in [9.17, 15) is 43.2 Å². The average molecular weight is 1380 g/mol. The van der Waals surface area contributed by atoms with Crippen LogP contribution in [0.15, 0.2) is 0 Å². The maximum atomic E-state index is 13.1. The lowest BCUT2D eigenvalue weighted by molar-refractivity contribution is -0.161. The van der Waals surface area contributed by atoms with E-state index < -0.39 is 97.5 Å². The van der Waals surface area contributed by atoms with E-state index in [1.54, 1.807) is 0 Å². The molecule has 0 rings (SSSR count). The monoisotopic (exact) mass is 1380 g/mol. The first kappa shape index (κ1) is 92.1. The summed E-state index contributed by atoms with van der Waals surface area (Å²) in [6.45, 7) is 7.22. The van der Waals surface area contributed by atoms with Gasteiger partial charge in [-0.15, -0.1) is 0 Å². The third kappa shape index (κ3) is 67.3. The summed E-state index contributed by atoms with van der Waals surface area (Å²) >= 11 is 0. The number of carbonyl (C=O) groups is 4. The van der Waals surface area contributed by atoms with Crippen molar-refractivity contribution in [3.63, 3.8) is 0 Å². The number of aliphatic hydroxyl groups is 1. The number of phosphoric ester groups is 2. The molecule has 0 aromatic carbocycles. The summed E-state index contributed by atoms with van der Waals surface area (Å²) in [6, 6.07) is 0. The van der Waals surface area contributed by atoms with Crippen LogP contribution < -0.4 is 0 Å². The maximum Gasteiger partial charge on any atom is 0.472 e. The molecule has 0 spiro atoms. The van der Waals surface area contributed by atoms with Crippen molar-refractivity contribution in [3.8, 4) is 0 Å². The second-order valence-electron chi connectivity index (χ2n) is 27.3. The van der Waals surface area contributed by atoms with Crippen LogP contribution in [0, 0.1) is 5.92 Å². The highest BCUT2D eigenvalue weighted by Crippen LogP contribution is 2.45. The standard InChI is InChI=1S/C75H146O17P2/c1-6-10-13-16-18-20-22-24-26-28-29-30-32-34-36-41-45-50-55-60-75(80)92-71(65-86-73(78)59-54-49-44-40-35-33-31-27-25-23-21-19-17-14-11-7-2)67-90-94(83,84)88-63-69(76)62-87-93(81,82)89-66-70(64-85-72(77)58-53-47-15-12-8-3)91-74(79)61-56-51-46-42-38-37-39-43-48-52-57-68(5)9-4/h68-71,76H,6-67H2,1-5H3,(H,81,82)(H,83,84)/t68?,69-,70+,71+/m0/s1. The molecule has 0 aliphatic carbocycles. The largest absolute Gasteiger partial charge is 0.472 e. The van der Waals surface area contributed by atoms with E-state index in [0.29, 0.717) is 25.7 Å². The molecular formula is C75H146O17P2. The fourth-order valence-electron chi connectivity index (χ4n) is 11.5. The van der Waals surface area contributed by atoms with Crippen LogP contribution in [-0.2, 0) is 65.4 Å². The van der Waals surface area contributed by atoms with E-state index in [2.05, 4.69) is 34.6 Å². The molecule has 0 saturated carbocycles. The number of carbonyl (C=O) groups excluding carboxylic acids is 4. The summed E-state index contributed by atoms with van der Waals surface area (Å²) in [4.78, 5) is 72.5. The maximum absolute atomic E-state index is 13.1. The molecule has 0 aliphatic rings. The van der Waals surface area contributed by atoms with E-state index in [-0.39, 0.29) is 25.7 Å². The van der Waals surface area contributed by atoms with Gasteiger partial charge in [0.2, 0.25) is 0 Å². The van der Waals surface area contributed by atoms with Crippen molar-refractivity contribution in [3.05, 3.63) is 0 Å². The molecule has 558 valence electrons. The molecule has 0 radical (unpaired) electrons. The highest BCUT2D eigenvalue weighted by molar-refractivity contribution is 7.47. The summed E-state index contributed by atoms with van der Waals surface area (Å²) in [5.74, 6) is -1.32. The van der Waals surface area contributed by atoms with Crippen LogP contribution in [0.3, 0.4) is 0 Å². The van der Waals surface area contributed by atoms with Crippen molar-refractivity contribution in [1.82, 2.24) is 0 Å². The Morgan fingerprint density at radius 2 is 0.511 bits per heavy atom. The van der Waals surface area contributed by atoms with Gasteiger partial charge in [-0.25, -0.2) is 9.13 Å². The smallest absolute Gasteiger partial charge is 0.462 e. The van der Waals surface area contributed by atoms with Crippen LogP contribution >= 0.6 is 15.6 Å². The minimum Gasteiger partial charge on any atom is -0.462 e. The topological polar surface area (TPSA) is 237 Å². The van der Waals surface area contributed by atoms with Gasteiger partial charge in [-0.2, -0.15) is 0 Å². The molecule has 0 aliphatic heterocycles. The van der Waals surface area contributed by atoms with Crippen molar-refractivity contribution in [1.29, 1.82) is 0 Å². The van der Waals surface area contributed by atoms with E-state index in [1.807, 2.05) is 0 Å². The fraction of sp³-hybridized carbons (Fsp3) is 0.947. The third-order valence-corrected chi connectivity index (χ3v) is 19.8. The molecule has 0 aromatic rings. The number of hydrogen-bond donors (Lipinski definition) is 3. The lowest BCUT2D eigenvalue weighted by Gasteiger charge is -2.21. The zero-order chi connectivity index (χ0) is 69.1. The number of ether oxygens (including phenoxy) is 4. The molecule has 0 fully saturated rings. The summed E-state index contributed by atoms with van der Waals surface area (Å²) in [5.41, 5.74) is 0. The average Bonchev–Trinajstić information content (AvgIpc) is 1.65. The molecule has 17 nitrogen and oxygen atoms in total. The minimum atomic E-state index is -4.95. The van der Waals surface area contributed by atoms with Crippen LogP contribution in [-0.4, -0.2) is 96.7 Å². The zero-order valence-corrected chi connectivity index (χ0v) is 62.9. The van der Waals surface area contributed by atoms with Gasteiger partial charge >= 0.3 is 39.5 Å². The van der Waals surface area contributed by atoms with E-state index in [4.69, 9.17) is 37.0 Å². The molecule has 6 atom stereocenters. The molecule has 0 heterocycles.